The summed E-state index contributed by atoms with van der Waals surface area (Å²) in [5, 5.41) is 0. The highest BCUT2D eigenvalue weighted by atomic mass is 19.1. The lowest BCUT2D eigenvalue weighted by Crippen LogP contribution is -2.49. The minimum atomic E-state index is -0.484. The zero-order valence-electron chi connectivity index (χ0n) is 18.6. The van der Waals surface area contributed by atoms with E-state index < -0.39 is 5.82 Å². The lowest BCUT2D eigenvalue weighted by atomic mass is 10.0. The fourth-order valence-corrected chi connectivity index (χ4v) is 4.10. The third-order valence-electron chi connectivity index (χ3n) is 5.79. The van der Waals surface area contributed by atoms with Crippen LogP contribution in [-0.2, 0) is 6.42 Å². The third-order valence-corrected chi connectivity index (χ3v) is 5.79. The van der Waals surface area contributed by atoms with Crippen LogP contribution in [0.15, 0.2) is 48.5 Å². The van der Waals surface area contributed by atoms with Gasteiger partial charge in [-0.15, -0.1) is 0 Å². The van der Waals surface area contributed by atoms with Crippen molar-refractivity contribution in [1.82, 2.24) is 14.9 Å². The van der Waals surface area contributed by atoms with Crippen LogP contribution in [0.3, 0.4) is 0 Å². The topological polar surface area (TPSA) is 58.6 Å². The smallest absolute Gasteiger partial charge is 0.256 e. The first-order valence-electron chi connectivity index (χ1n) is 10.7. The van der Waals surface area contributed by atoms with Crippen molar-refractivity contribution in [2.24, 2.45) is 0 Å². The molecule has 4 rings (SSSR count). The van der Waals surface area contributed by atoms with E-state index in [1.54, 1.807) is 24.1 Å². The van der Waals surface area contributed by atoms with Crippen molar-refractivity contribution in [3.05, 3.63) is 82.6 Å². The summed E-state index contributed by atoms with van der Waals surface area (Å²) in [5.41, 5.74) is 3.25. The number of benzene rings is 2. The van der Waals surface area contributed by atoms with Crippen molar-refractivity contribution in [2.45, 2.75) is 20.3 Å². The number of ether oxygens (including phenoxy) is 1. The lowest BCUT2D eigenvalue weighted by Gasteiger charge is -2.36. The number of piperazine rings is 1. The zero-order chi connectivity index (χ0) is 22.7. The van der Waals surface area contributed by atoms with Crippen LogP contribution in [0, 0.1) is 19.7 Å². The van der Waals surface area contributed by atoms with Gasteiger partial charge >= 0.3 is 0 Å². The molecule has 2 heterocycles. The largest absolute Gasteiger partial charge is 0.497 e. The molecule has 1 aromatic heterocycles. The highest BCUT2D eigenvalue weighted by Gasteiger charge is 2.26. The SMILES string of the molecule is COc1cccc(Cc2c(C)nc(C)nc2N2CCN(C(=O)c3ccccc3F)CC2)c1. The number of aromatic nitrogens is 2. The lowest BCUT2D eigenvalue weighted by molar-refractivity contribution is 0.0741. The Bertz CT molecular complexity index is 1130. The van der Waals surface area contributed by atoms with Crippen molar-refractivity contribution in [1.29, 1.82) is 0 Å². The standard InChI is InChI=1S/C25H27FN4O2/c1-17-22(16-19-7-6-8-20(15-19)32-3)24(28-18(2)27-17)29-11-13-30(14-12-29)25(31)21-9-4-5-10-23(21)26/h4-10,15H,11-14,16H2,1-3H3. The molecule has 0 radical (unpaired) electrons. The highest BCUT2D eigenvalue weighted by Crippen LogP contribution is 2.26. The number of anilines is 1. The number of amides is 1. The fraction of sp³-hybridized carbons (Fsp3) is 0.320. The van der Waals surface area contributed by atoms with Crippen LogP contribution in [0.2, 0.25) is 0 Å². The van der Waals surface area contributed by atoms with Gasteiger partial charge in [0.05, 0.1) is 12.7 Å². The predicted octanol–water partition coefficient (Wildman–Crippen LogP) is 3.79. The highest BCUT2D eigenvalue weighted by molar-refractivity contribution is 5.94. The molecule has 3 aromatic rings. The summed E-state index contributed by atoms with van der Waals surface area (Å²) in [7, 11) is 1.66. The Balaban J connectivity index is 1.54. The molecular weight excluding hydrogens is 407 g/mol. The van der Waals surface area contributed by atoms with Gasteiger partial charge < -0.3 is 14.5 Å². The molecule has 0 saturated carbocycles. The Labute approximate surface area is 187 Å². The molecule has 2 aromatic carbocycles. The molecule has 0 N–H and O–H groups in total. The summed E-state index contributed by atoms with van der Waals surface area (Å²) in [6.07, 6.45) is 0.688. The van der Waals surface area contributed by atoms with Crippen LogP contribution in [0.4, 0.5) is 10.2 Å². The molecular formula is C25H27FN4O2. The summed E-state index contributed by atoms with van der Waals surface area (Å²) in [6.45, 7) is 6.17. The molecule has 0 unspecified atom stereocenters. The van der Waals surface area contributed by atoms with Gasteiger partial charge in [0.15, 0.2) is 0 Å². The monoisotopic (exact) mass is 434 g/mol. The molecule has 7 heteroatoms. The van der Waals surface area contributed by atoms with Crippen molar-refractivity contribution in [3.8, 4) is 5.75 Å². The number of halogens is 1. The quantitative estimate of drug-likeness (QED) is 0.612. The maximum absolute atomic E-state index is 14.1. The van der Waals surface area contributed by atoms with Crippen LogP contribution in [-0.4, -0.2) is 54.1 Å². The van der Waals surface area contributed by atoms with Gasteiger partial charge in [0, 0.05) is 43.9 Å². The Morgan fingerprint density at radius 1 is 1.03 bits per heavy atom. The maximum Gasteiger partial charge on any atom is 0.256 e. The van der Waals surface area contributed by atoms with Gasteiger partial charge in [-0.1, -0.05) is 24.3 Å². The summed E-state index contributed by atoms with van der Waals surface area (Å²) in [4.78, 5) is 26.0. The number of methoxy groups -OCH3 is 1. The molecule has 1 amide bonds. The molecule has 0 bridgehead atoms. The number of hydrogen-bond acceptors (Lipinski definition) is 5. The summed E-state index contributed by atoms with van der Waals surface area (Å²) >= 11 is 0. The number of hydrogen-bond donors (Lipinski definition) is 0. The summed E-state index contributed by atoms with van der Waals surface area (Å²) in [6, 6.07) is 14.1. The van der Waals surface area contributed by atoms with Crippen LogP contribution in [0.25, 0.3) is 0 Å². The zero-order valence-corrected chi connectivity index (χ0v) is 18.6. The first-order chi connectivity index (χ1) is 15.5. The molecule has 1 saturated heterocycles. The minimum absolute atomic E-state index is 0.119. The molecule has 0 aliphatic carbocycles. The van der Waals surface area contributed by atoms with Crippen molar-refractivity contribution in [3.63, 3.8) is 0 Å². The van der Waals surface area contributed by atoms with E-state index in [-0.39, 0.29) is 11.5 Å². The van der Waals surface area contributed by atoms with E-state index in [0.29, 0.717) is 32.6 Å². The van der Waals surface area contributed by atoms with E-state index >= 15 is 0 Å². The van der Waals surface area contributed by atoms with Gasteiger partial charge in [-0.25, -0.2) is 14.4 Å². The van der Waals surface area contributed by atoms with E-state index in [2.05, 4.69) is 16.0 Å². The van der Waals surface area contributed by atoms with E-state index in [4.69, 9.17) is 9.72 Å². The van der Waals surface area contributed by atoms with Gasteiger partial charge in [-0.2, -0.15) is 0 Å². The Kier molecular flexibility index (Phi) is 6.35. The van der Waals surface area contributed by atoms with Crippen LogP contribution in [0.5, 0.6) is 5.75 Å². The molecule has 0 atom stereocenters. The molecule has 6 nitrogen and oxygen atoms in total. The summed E-state index contributed by atoms with van der Waals surface area (Å²) < 4.78 is 19.4. The van der Waals surface area contributed by atoms with Crippen molar-refractivity contribution in [2.75, 3.05) is 38.2 Å². The van der Waals surface area contributed by atoms with Crippen LogP contribution >= 0.6 is 0 Å². The van der Waals surface area contributed by atoms with E-state index in [0.717, 1.165) is 34.2 Å². The molecule has 32 heavy (non-hydrogen) atoms. The minimum Gasteiger partial charge on any atom is -0.497 e. The fourth-order valence-electron chi connectivity index (χ4n) is 4.10. The van der Waals surface area contributed by atoms with Gasteiger partial charge in [0.25, 0.3) is 5.91 Å². The summed E-state index contributed by atoms with van der Waals surface area (Å²) in [5.74, 6) is 1.68. The predicted molar refractivity (Wildman–Crippen MR) is 122 cm³/mol. The Hall–Kier alpha value is -3.48. The van der Waals surface area contributed by atoms with Crippen LogP contribution in [0.1, 0.15) is 33.0 Å². The average Bonchev–Trinajstić information content (AvgIpc) is 2.81. The molecule has 166 valence electrons. The second kappa shape index (κ2) is 9.34. The van der Waals surface area contributed by atoms with Gasteiger partial charge in [0.1, 0.15) is 23.2 Å². The number of nitrogens with zero attached hydrogens (tertiary/aromatic N) is 4. The Morgan fingerprint density at radius 3 is 2.50 bits per heavy atom. The van der Waals surface area contributed by atoms with Gasteiger partial charge in [-0.05, 0) is 43.7 Å². The van der Waals surface area contributed by atoms with Crippen molar-refractivity contribution < 1.29 is 13.9 Å². The number of carbonyl (C=O) groups is 1. The molecule has 0 spiro atoms. The number of aryl methyl sites for hydroxylation is 2. The number of rotatable bonds is 5. The Morgan fingerprint density at radius 2 is 1.78 bits per heavy atom. The van der Waals surface area contributed by atoms with Gasteiger partial charge in [0.2, 0.25) is 0 Å². The number of carbonyl (C=O) groups excluding carboxylic acids is 1. The maximum atomic E-state index is 14.1. The molecule has 1 fully saturated rings. The average molecular weight is 435 g/mol. The first kappa shape index (κ1) is 21.7. The normalized spacial score (nSPS) is 13.9. The second-order valence-corrected chi connectivity index (χ2v) is 7.95. The van der Waals surface area contributed by atoms with Gasteiger partial charge in [-0.3, -0.25) is 4.79 Å². The first-order valence-corrected chi connectivity index (χ1v) is 10.7. The molecule has 1 aliphatic rings. The molecule has 1 aliphatic heterocycles. The van der Waals surface area contributed by atoms with E-state index in [1.807, 2.05) is 32.0 Å². The van der Waals surface area contributed by atoms with Crippen molar-refractivity contribution >= 4 is 11.7 Å². The van der Waals surface area contributed by atoms with E-state index in [9.17, 15) is 9.18 Å². The second-order valence-electron chi connectivity index (χ2n) is 7.95. The van der Waals surface area contributed by atoms with Crippen LogP contribution < -0.4 is 9.64 Å². The van der Waals surface area contributed by atoms with E-state index in [1.165, 1.54) is 12.1 Å². The third kappa shape index (κ3) is 4.56.